The number of hydrogen-bond donors (Lipinski definition) is 2. The van der Waals surface area contributed by atoms with E-state index in [-0.39, 0.29) is 5.75 Å². The van der Waals surface area contributed by atoms with Gasteiger partial charge in [0.2, 0.25) is 0 Å². The molecule has 1 fully saturated rings. The summed E-state index contributed by atoms with van der Waals surface area (Å²) in [5.41, 5.74) is 0. The van der Waals surface area contributed by atoms with Crippen LogP contribution in [0.2, 0.25) is 5.02 Å². The van der Waals surface area contributed by atoms with E-state index in [0.29, 0.717) is 23.4 Å². The zero-order valence-electron chi connectivity index (χ0n) is 9.08. The van der Waals surface area contributed by atoms with E-state index in [2.05, 4.69) is 5.32 Å². The second kappa shape index (κ2) is 5.41. The lowest BCUT2D eigenvalue weighted by molar-refractivity contribution is 0.238. The Morgan fingerprint density at radius 3 is 3.06 bits per heavy atom. The van der Waals surface area contributed by atoms with E-state index in [1.807, 2.05) is 0 Å². The van der Waals surface area contributed by atoms with Gasteiger partial charge in [-0.25, -0.2) is 0 Å². The second-order valence-corrected chi connectivity index (χ2v) is 4.48. The number of rotatable bonds is 3. The van der Waals surface area contributed by atoms with Crippen molar-refractivity contribution in [2.75, 3.05) is 13.2 Å². The maximum atomic E-state index is 9.32. The third-order valence-corrected chi connectivity index (χ3v) is 3.08. The predicted molar refractivity (Wildman–Crippen MR) is 64.3 cm³/mol. The van der Waals surface area contributed by atoms with E-state index in [0.717, 1.165) is 13.0 Å². The van der Waals surface area contributed by atoms with Crippen LogP contribution in [-0.2, 0) is 0 Å². The normalized spacial score (nSPS) is 20.7. The van der Waals surface area contributed by atoms with Gasteiger partial charge in [-0.3, -0.25) is 0 Å². The quantitative estimate of drug-likeness (QED) is 0.855. The lowest BCUT2D eigenvalue weighted by atomic mass is 10.1. The summed E-state index contributed by atoms with van der Waals surface area (Å²) < 4.78 is 5.60. The van der Waals surface area contributed by atoms with Gasteiger partial charge in [-0.05, 0) is 31.5 Å². The molecule has 16 heavy (non-hydrogen) atoms. The minimum absolute atomic E-state index is 0.177. The first kappa shape index (κ1) is 11.6. The molecule has 2 N–H and O–H groups in total. The fraction of sp³-hybridized carbons (Fsp3) is 0.500. The summed E-state index contributed by atoms with van der Waals surface area (Å²) in [6.45, 7) is 1.66. The molecule has 88 valence electrons. The summed E-state index contributed by atoms with van der Waals surface area (Å²) in [5, 5.41) is 13.2. The van der Waals surface area contributed by atoms with Gasteiger partial charge in [-0.15, -0.1) is 0 Å². The molecule has 1 saturated heterocycles. The van der Waals surface area contributed by atoms with Crippen molar-refractivity contribution in [2.45, 2.75) is 25.3 Å². The van der Waals surface area contributed by atoms with Crippen molar-refractivity contribution >= 4 is 11.6 Å². The van der Waals surface area contributed by atoms with E-state index in [4.69, 9.17) is 16.3 Å². The highest BCUT2D eigenvalue weighted by atomic mass is 35.5. The van der Waals surface area contributed by atoms with E-state index in [1.165, 1.54) is 12.8 Å². The highest BCUT2D eigenvalue weighted by Crippen LogP contribution is 2.28. The number of phenolic OH excluding ortho intramolecular Hbond substituents is 1. The Morgan fingerprint density at radius 1 is 1.44 bits per heavy atom. The highest BCUT2D eigenvalue weighted by Gasteiger charge is 2.13. The largest absolute Gasteiger partial charge is 0.508 e. The fourth-order valence-corrected chi connectivity index (χ4v) is 2.03. The number of hydrogen-bond acceptors (Lipinski definition) is 3. The number of aromatic hydroxyl groups is 1. The molecule has 0 bridgehead atoms. The smallest absolute Gasteiger partial charge is 0.141 e. The summed E-state index contributed by atoms with van der Waals surface area (Å²) in [6.07, 6.45) is 3.62. The molecule has 0 spiro atoms. The Kier molecular flexibility index (Phi) is 3.91. The number of phenols is 1. The van der Waals surface area contributed by atoms with Crippen molar-refractivity contribution in [1.82, 2.24) is 5.32 Å². The minimum atomic E-state index is 0.177. The van der Waals surface area contributed by atoms with Crippen molar-refractivity contribution in [3.8, 4) is 11.5 Å². The first-order valence-electron chi connectivity index (χ1n) is 5.60. The summed E-state index contributed by atoms with van der Waals surface area (Å²) in [5.74, 6) is 0.727. The van der Waals surface area contributed by atoms with Crippen LogP contribution in [0.15, 0.2) is 18.2 Å². The molecule has 1 aromatic rings. The molecular weight excluding hydrogens is 226 g/mol. The fourth-order valence-electron chi connectivity index (χ4n) is 1.86. The zero-order chi connectivity index (χ0) is 11.4. The molecule has 1 atom stereocenters. The van der Waals surface area contributed by atoms with Gasteiger partial charge in [0.25, 0.3) is 0 Å². The monoisotopic (exact) mass is 241 g/mol. The van der Waals surface area contributed by atoms with Crippen molar-refractivity contribution < 1.29 is 9.84 Å². The van der Waals surface area contributed by atoms with Crippen LogP contribution in [0, 0.1) is 0 Å². The van der Waals surface area contributed by atoms with Gasteiger partial charge in [-0.2, -0.15) is 0 Å². The second-order valence-electron chi connectivity index (χ2n) is 4.07. The Labute approximate surface area is 100 Å². The van der Waals surface area contributed by atoms with E-state index in [9.17, 15) is 5.11 Å². The van der Waals surface area contributed by atoms with Crippen LogP contribution in [0.1, 0.15) is 19.3 Å². The molecule has 0 aromatic heterocycles. The summed E-state index contributed by atoms with van der Waals surface area (Å²) in [7, 11) is 0. The Balaban J connectivity index is 1.90. The SMILES string of the molecule is Oc1ccc(Cl)c(OCC2CCCCN2)c1. The van der Waals surface area contributed by atoms with Crippen LogP contribution in [0.5, 0.6) is 11.5 Å². The van der Waals surface area contributed by atoms with Crippen molar-refractivity contribution in [1.29, 1.82) is 0 Å². The number of nitrogens with one attached hydrogen (secondary N) is 1. The van der Waals surface area contributed by atoms with Crippen LogP contribution in [0.3, 0.4) is 0 Å². The molecule has 0 saturated carbocycles. The molecular formula is C12H16ClNO2. The molecule has 1 aliphatic heterocycles. The van der Waals surface area contributed by atoms with Gasteiger partial charge in [0, 0.05) is 12.1 Å². The Hall–Kier alpha value is -0.930. The van der Waals surface area contributed by atoms with Crippen LogP contribution >= 0.6 is 11.6 Å². The zero-order valence-corrected chi connectivity index (χ0v) is 9.83. The molecule has 0 aliphatic carbocycles. The lowest BCUT2D eigenvalue weighted by Crippen LogP contribution is -2.38. The van der Waals surface area contributed by atoms with Crippen LogP contribution in [0.4, 0.5) is 0 Å². The summed E-state index contributed by atoms with van der Waals surface area (Å²) in [6, 6.07) is 5.13. The first-order chi connectivity index (χ1) is 7.75. The topological polar surface area (TPSA) is 41.5 Å². The van der Waals surface area contributed by atoms with Crippen molar-refractivity contribution in [2.24, 2.45) is 0 Å². The van der Waals surface area contributed by atoms with E-state index >= 15 is 0 Å². The molecule has 0 amide bonds. The first-order valence-corrected chi connectivity index (χ1v) is 5.98. The molecule has 4 heteroatoms. The number of benzene rings is 1. The van der Waals surface area contributed by atoms with Crippen molar-refractivity contribution in [3.05, 3.63) is 23.2 Å². The third kappa shape index (κ3) is 3.03. The number of halogens is 1. The highest BCUT2D eigenvalue weighted by molar-refractivity contribution is 6.32. The predicted octanol–water partition coefficient (Wildman–Crippen LogP) is 2.57. The maximum absolute atomic E-state index is 9.32. The molecule has 2 rings (SSSR count). The standard InChI is InChI=1S/C12H16ClNO2/c13-11-5-4-10(15)7-12(11)16-8-9-3-1-2-6-14-9/h4-5,7,9,14-15H,1-3,6,8H2. The Morgan fingerprint density at radius 2 is 2.31 bits per heavy atom. The van der Waals surface area contributed by atoms with Crippen LogP contribution in [0.25, 0.3) is 0 Å². The number of ether oxygens (including phenoxy) is 1. The molecule has 3 nitrogen and oxygen atoms in total. The van der Waals surface area contributed by atoms with Gasteiger partial charge >= 0.3 is 0 Å². The number of piperidine rings is 1. The molecule has 1 unspecified atom stereocenters. The minimum Gasteiger partial charge on any atom is -0.508 e. The molecule has 0 radical (unpaired) electrons. The molecule has 1 aromatic carbocycles. The average molecular weight is 242 g/mol. The van der Waals surface area contributed by atoms with E-state index in [1.54, 1.807) is 18.2 Å². The molecule has 1 heterocycles. The third-order valence-electron chi connectivity index (χ3n) is 2.77. The van der Waals surface area contributed by atoms with Crippen molar-refractivity contribution in [3.63, 3.8) is 0 Å². The van der Waals surface area contributed by atoms with Gasteiger partial charge in [-0.1, -0.05) is 18.0 Å². The van der Waals surface area contributed by atoms with Gasteiger partial charge in [0.1, 0.15) is 18.1 Å². The van der Waals surface area contributed by atoms with Crippen LogP contribution in [-0.4, -0.2) is 24.3 Å². The summed E-state index contributed by atoms with van der Waals surface area (Å²) >= 11 is 5.96. The van der Waals surface area contributed by atoms with Gasteiger partial charge < -0.3 is 15.2 Å². The van der Waals surface area contributed by atoms with Gasteiger partial charge in [0.15, 0.2) is 0 Å². The lowest BCUT2D eigenvalue weighted by Gasteiger charge is -2.23. The maximum Gasteiger partial charge on any atom is 0.141 e. The summed E-state index contributed by atoms with van der Waals surface area (Å²) in [4.78, 5) is 0. The van der Waals surface area contributed by atoms with E-state index < -0.39 is 0 Å². The Bertz CT molecular complexity index is 351. The molecule has 1 aliphatic rings. The van der Waals surface area contributed by atoms with Gasteiger partial charge in [0.05, 0.1) is 5.02 Å². The van der Waals surface area contributed by atoms with Crippen LogP contribution < -0.4 is 10.1 Å². The average Bonchev–Trinajstić information content (AvgIpc) is 2.32.